The van der Waals surface area contributed by atoms with Crippen LogP contribution in [0.1, 0.15) is 21.7 Å². The van der Waals surface area contributed by atoms with Crippen molar-refractivity contribution in [3.63, 3.8) is 0 Å². The van der Waals surface area contributed by atoms with E-state index < -0.39 is 0 Å². The first-order valence-corrected chi connectivity index (χ1v) is 9.66. The van der Waals surface area contributed by atoms with Gasteiger partial charge in [0.25, 0.3) is 0 Å². The third-order valence-electron chi connectivity index (χ3n) is 4.51. The monoisotopic (exact) mass is 363 g/mol. The van der Waals surface area contributed by atoms with Crippen molar-refractivity contribution < 1.29 is 4.79 Å². The molecular formula is C21H21N3OS. The van der Waals surface area contributed by atoms with Crippen molar-refractivity contribution in [3.8, 4) is 0 Å². The molecule has 0 radical (unpaired) electrons. The summed E-state index contributed by atoms with van der Waals surface area (Å²) in [4.78, 5) is 20.6. The van der Waals surface area contributed by atoms with Gasteiger partial charge in [-0.1, -0.05) is 60.7 Å². The molecule has 0 fully saturated rings. The fourth-order valence-corrected chi connectivity index (χ4v) is 4.29. The SMILES string of the molecule is O=C(Cc1ccccc1)Nc1nc2c(s1)CN(Cc1ccccc1)CC2. The van der Waals surface area contributed by atoms with Crippen LogP contribution in [0.4, 0.5) is 5.13 Å². The molecule has 1 N–H and O–H groups in total. The molecule has 0 aliphatic carbocycles. The highest BCUT2D eigenvalue weighted by molar-refractivity contribution is 7.15. The Balaban J connectivity index is 1.37. The number of carbonyl (C=O) groups is 1. The molecule has 4 nitrogen and oxygen atoms in total. The quantitative estimate of drug-likeness (QED) is 0.748. The number of nitrogens with zero attached hydrogens (tertiary/aromatic N) is 2. The second-order valence-corrected chi connectivity index (χ2v) is 7.63. The highest BCUT2D eigenvalue weighted by atomic mass is 32.1. The van der Waals surface area contributed by atoms with Gasteiger partial charge in [-0.3, -0.25) is 9.69 Å². The van der Waals surface area contributed by atoms with Gasteiger partial charge < -0.3 is 5.32 Å². The van der Waals surface area contributed by atoms with E-state index in [1.54, 1.807) is 11.3 Å². The molecule has 4 rings (SSSR count). The summed E-state index contributed by atoms with van der Waals surface area (Å²) in [6.45, 7) is 2.85. The molecule has 5 heteroatoms. The number of carbonyl (C=O) groups excluding carboxylic acids is 1. The van der Waals surface area contributed by atoms with E-state index >= 15 is 0 Å². The van der Waals surface area contributed by atoms with E-state index in [0.29, 0.717) is 6.42 Å². The first-order valence-electron chi connectivity index (χ1n) is 8.85. The molecule has 2 heterocycles. The van der Waals surface area contributed by atoms with E-state index in [0.717, 1.165) is 42.4 Å². The number of fused-ring (bicyclic) bond motifs is 1. The van der Waals surface area contributed by atoms with Crippen LogP contribution in [-0.4, -0.2) is 22.3 Å². The summed E-state index contributed by atoms with van der Waals surface area (Å²) in [6, 6.07) is 20.3. The van der Waals surface area contributed by atoms with Crippen LogP contribution in [0.2, 0.25) is 0 Å². The van der Waals surface area contributed by atoms with Crippen LogP contribution in [0.15, 0.2) is 60.7 Å². The van der Waals surface area contributed by atoms with Crippen LogP contribution in [-0.2, 0) is 30.7 Å². The van der Waals surface area contributed by atoms with Crippen molar-refractivity contribution in [1.82, 2.24) is 9.88 Å². The van der Waals surface area contributed by atoms with E-state index in [4.69, 9.17) is 0 Å². The molecular weight excluding hydrogens is 342 g/mol. The number of thiazole rings is 1. The third kappa shape index (κ3) is 4.18. The van der Waals surface area contributed by atoms with Crippen molar-refractivity contribution in [2.45, 2.75) is 25.9 Å². The van der Waals surface area contributed by atoms with E-state index in [1.807, 2.05) is 36.4 Å². The maximum absolute atomic E-state index is 12.2. The predicted molar refractivity (Wildman–Crippen MR) is 105 cm³/mol. The number of aromatic nitrogens is 1. The number of rotatable bonds is 5. The highest BCUT2D eigenvalue weighted by Gasteiger charge is 2.21. The number of nitrogens with one attached hydrogen (secondary N) is 1. The lowest BCUT2D eigenvalue weighted by Crippen LogP contribution is -2.29. The number of benzene rings is 2. The summed E-state index contributed by atoms with van der Waals surface area (Å²) < 4.78 is 0. The lowest BCUT2D eigenvalue weighted by molar-refractivity contribution is -0.115. The standard InChI is InChI=1S/C21H21N3OS/c25-20(13-16-7-3-1-4-8-16)23-21-22-18-11-12-24(15-19(18)26-21)14-17-9-5-2-6-10-17/h1-10H,11-15H2,(H,22,23,25). The van der Waals surface area contributed by atoms with E-state index in [9.17, 15) is 4.79 Å². The van der Waals surface area contributed by atoms with Gasteiger partial charge in [-0.05, 0) is 11.1 Å². The smallest absolute Gasteiger partial charge is 0.230 e. The van der Waals surface area contributed by atoms with Crippen molar-refractivity contribution in [2.24, 2.45) is 0 Å². The van der Waals surface area contributed by atoms with Crippen LogP contribution in [0.5, 0.6) is 0 Å². The molecule has 1 aromatic heterocycles. The third-order valence-corrected chi connectivity index (χ3v) is 5.51. The summed E-state index contributed by atoms with van der Waals surface area (Å²) in [5.74, 6) is -0.0107. The Morgan fingerprint density at radius 2 is 1.73 bits per heavy atom. The Morgan fingerprint density at radius 1 is 1.04 bits per heavy atom. The highest BCUT2D eigenvalue weighted by Crippen LogP contribution is 2.29. The molecule has 0 saturated carbocycles. The van der Waals surface area contributed by atoms with Gasteiger partial charge in [-0.15, -0.1) is 11.3 Å². The van der Waals surface area contributed by atoms with Gasteiger partial charge >= 0.3 is 0 Å². The van der Waals surface area contributed by atoms with Gasteiger partial charge in [0.05, 0.1) is 12.1 Å². The van der Waals surface area contributed by atoms with Crippen LogP contribution in [0.3, 0.4) is 0 Å². The molecule has 0 spiro atoms. The average molecular weight is 363 g/mol. The van der Waals surface area contributed by atoms with Crippen LogP contribution < -0.4 is 5.32 Å². The van der Waals surface area contributed by atoms with Crippen LogP contribution in [0, 0.1) is 0 Å². The largest absolute Gasteiger partial charge is 0.302 e. The molecule has 132 valence electrons. The Morgan fingerprint density at radius 3 is 2.46 bits per heavy atom. The van der Waals surface area contributed by atoms with Gasteiger partial charge in [0.1, 0.15) is 0 Å². The zero-order valence-electron chi connectivity index (χ0n) is 14.5. The minimum atomic E-state index is -0.0107. The zero-order chi connectivity index (χ0) is 17.8. The molecule has 0 bridgehead atoms. The summed E-state index contributed by atoms with van der Waals surface area (Å²) >= 11 is 1.60. The molecule has 1 aliphatic heterocycles. The number of anilines is 1. The first kappa shape index (κ1) is 16.9. The molecule has 2 aromatic carbocycles. The second kappa shape index (κ2) is 7.81. The summed E-state index contributed by atoms with van der Waals surface area (Å²) in [5.41, 5.74) is 3.48. The van der Waals surface area contributed by atoms with Gasteiger partial charge in [-0.25, -0.2) is 4.98 Å². The minimum absolute atomic E-state index is 0.0107. The zero-order valence-corrected chi connectivity index (χ0v) is 15.3. The second-order valence-electron chi connectivity index (χ2n) is 6.55. The molecule has 26 heavy (non-hydrogen) atoms. The van der Waals surface area contributed by atoms with Gasteiger partial charge in [0, 0.05) is 30.9 Å². The fourth-order valence-electron chi connectivity index (χ4n) is 3.22. The molecule has 3 aromatic rings. The molecule has 0 atom stereocenters. The van der Waals surface area contributed by atoms with E-state index in [1.165, 1.54) is 10.4 Å². The van der Waals surface area contributed by atoms with E-state index in [-0.39, 0.29) is 5.91 Å². The number of hydrogen-bond donors (Lipinski definition) is 1. The van der Waals surface area contributed by atoms with Gasteiger partial charge in [-0.2, -0.15) is 0 Å². The van der Waals surface area contributed by atoms with E-state index in [2.05, 4.69) is 39.5 Å². The minimum Gasteiger partial charge on any atom is -0.302 e. The van der Waals surface area contributed by atoms with Crippen molar-refractivity contribution in [1.29, 1.82) is 0 Å². The molecule has 1 aliphatic rings. The van der Waals surface area contributed by atoms with Gasteiger partial charge in [0.15, 0.2) is 5.13 Å². The van der Waals surface area contributed by atoms with Crippen molar-refractivity contribution in [3.05, 3.63) is 82.4 Å². The van der Waals surface area contributed by atoms with Crippen molar-refractivity contribution in [2.75, 3.05) is 11.9 Å². The van der Waals surface area contributed by atoms with Crippen molar-refractivity contribution >= 4 is 22.4 Å². The summed E-state index contributed by atoms with van der Waals surface area (Å²) in [7, 11) is 0. The average Bonchev–Trinajstić information content (AvgIpc) is 3.04. The number of hydrogen-bond acceptors (Lipinski definition) is 4. The maximum Gasteiger partial charge on any atom is 0.230 e. The van der Waals surface area contributed by atoms with Crippen LogP contribution >= 0.6 is 11.3 Å². The fraction of sp³-hybridized carbons (Fsp3) is 0.238. The first-order chi connectivity index (χ1) is 12.8. The summed E-state index contributed by atoms with van der Waals surface area (Å²) in [6.07, 6.45) is 1.32. The normalized spacial score (nSPS) is 14.0. The lowest BCUT2D eigenvalue weighted by atomic mass is 10.1. The Labute approximate surface area is 157 Å². The molecule has 0 saturated heterocycles. The Kier molecular flexibility index (Phi) is 5.09. The Hall–Kier alpha value is -2.50. The summed E-state index contributed by atoms with van der Waals surface area (Å²) in [5, 5.41) is 3.68. The molecule has 1 amide bonds. The Bertz CT molecular complexity index is 877. The topological polar surface area (TPSA) is 45.2 Å². The number of amides is 1. The van der Waals surface area contributed by atoms with Crippen LogP contribution in [0.25, 0.3) is 0 Å². The van der Waals surface area contributed by atoms with Gasteiger partial charge in [0.2, 0.25) is 5.91 Å². The predicted octanol–water partition coefficient (Wildman–Crippen LogP) is 3.88. The lowest BCUT2D eigenvalue weighted by Gasteiger charge is -2.25. The molecule has 0 unspecified atom stereocenters. The maximum atomic E-state index is 12.2.